The number of nitrogens with zero attached hydrogens (tertiary/aromatic N) is 1. The van der Waals surface area contributed by atoms with Gasteiger partial charge in [-0.15, -0.1) is 5.75 Å². The second kappa shape index (κ2) is 9.01. The number of benzene rings is 4. The Labute approximate surface area is 193 Å². The van der Waals surface area contributed by atoms with Crippen molar-refractivity contribution >= 4 is 0 Å². The first-order valence-electron chi connectivity index (χ1n) is 10.9. The smallest absolute Gasteiger partial charge is 0.219 e. The molecule has 0 radical (unpaired) electrons. The first kappa shape index (κ1) is 20.5. The summed E-state index contributed by atoms with van der Waals surface area (Å²) in [6, 6.07) is 40.2. The highest BCUT2D eigenvalue weighted by atomic mass is 16.5. The number of aromatic nitrogens is 1. The maximum Gasteiger partial charge on any atom is 0.219 e. The molecule has 0 saturated heterocycles. The number of pyridine rings is 1. The third kappa shape index (κ3) is 4.21. The summed E-state index contributed by atoms with van der Waals surface area (Å²) in [4.78, 5) is 0. The molecule has 0 fully saturated rings. The number of methoxy groups -OCH3 is 1. The molecule has 1 heterocycles. The Morgan fingerprint density at radius 1 is 0.545 bits per heavy atom. The molecular weight excluding hydrogens is 406 g/mol. The molecule has 3 heteroatoms. The molecule has 0 saturated carbocycles. The van der Waals surface area contributed by atoms with Crippen LogP contribution in [0.5, 0.6) is 11.5 Å². The number of hydrogen-bond donors (Lipinski definition) is 0. The van der Waals surface area contributed by atoms with E-state index in [1.54, 1.807) is 19.2 Å². The molecular formula is C30H23NO2. The first-order valence-corrected chi connectivity index (χ1v) is 10.9. The van der Waals surface area contributed by atoms with Gasteiger partial charge in [-0.25, -0.2) is 0 Å². The van der Waals surface area contributed by atoms with Gasteiger partial charge >= 0.3 is 0 Å². The van der Waals surface area contributed by atoms with Gasteiger partial charge in [0, 0.05) is 35.4 Å². The number of ether oxygens (including phenoxy) is 1. The van der Waals surface area contributed by atoms with Gasteiger partial charge in [-0.1, -0.05) is 60.7 Å². The monoisotopic (exact) mass is 429 g/mol. The van der Waals surface area contributed by atoms with Gasteiger partial charge in [0.15, 0.2) is 0 Å². The van der Waals surface area contributed by atoms with Crippen molar-refractivity contribution in [2.75, 3.05) is 7.11 Å². The summed E-state index contributed by atoms with van der Waals surface area (Å²) in [5.41, 5.74) is 7.42. The molecule has 0 N–H and O–H groups in total. The van der Waals surface area contributed by atoms with Gasteiger partial charge in [0.2, 0.25) is 17.1 Å². The fraction of sp³-hybridized carbons (Fsp3) is 0.0333. The van der Waals surface area contributed by atoms with Crippen LogP contribution in [0.3, 0.4) is 0 Å². The molecule has 0 aliphatic rings. The van der Waals surface area contributed by atoms with E-state index in [0.717, 1.165) is 45.1 Å². The minimum absolute atomic E-state index is 0.00303. The lowest BCUT2D eigenvalue weighted by atomic mass is 9.98. The van der Waals surface area contributed by atoms with Crippen LogP contribution in [0.4, 0.5) is 0 Å². The minimum atomic E-state index is -0.00303. The third-order valence-electron chi connectivity index (χ3n) is 5.72. The summed E-state index contributed by atoms with van der Waals surface area (Å²) in [6.07, 6.45) is 0. The van der Waals surface area contributed by atoms with Crippen molar-refractivity contribution in [1.82, 2.24) is 0 Å². The third-order valence-corrected chi connectivity index (χ3v) is 5.72. The van der Waals surface area contributed by atoms with Crippen LogP contribution in [0.15, 0.2) is 121 Å². The van der Waals surface area contributed by atoms with Crippen molar-refractivity contribution < 1.29 is 14.4 Å². The van der Waals surface area contributed by atoms with Crippen molar-refractivity contribution in [1.29, 1.82) is 0 Å². The molecule has 0 atom stereocenters. The Hall–Kier alpha value is -4.37. The van der Waals surface area contributed by atoms with Crippen molar-refractivity contribution in [3.8, 4) is 50.8 Å². The summed E-state index contributed by atoms with van der Waals surface area (Å²) in [6.45, 7) is 0. The maximum atomic E-state index is 11.8. The summed E-state index contributed by atoms with van der Waals surface area (Å²) in [5.74, 6) is 0.825. The van der Waals surface area contributed by atoms with Gasteiger partial charge in [0.1, 0.15) is 5.75 Å². The molecule has 33 heavy (non-hydrogen) atoms. The predicted octanol–water partition coefficient (Wildman–Crippen LogP) is 6.05. The molecule has 0 unspecified atom stereocenters. The summed E-state index contributed by atoms with van der Waals surface area (Å²) in [7, 11) is 1.68. The van der Waals surface area contributed by atoms with E-state index in [0.29, 0.717) is 0 Å². The molecule has 1 aromatic heterocycles. The van der Waals surface area contributed by atoms with Gasteiger partial charge < -0.3 is 9.84 Å². The quantitative estimate of drug-likeness (QED) is 0.319. The molecule has 0 spiro atoms. The zero-order valence-electron chi connectivity index (χ0n) is 18.3. The zero-order chi connectivity index (χ0) is 22.6. The van der Waals surface area contributed by atoms with Crippen LogP contribution in [-0.4, -0.2) is 7.11 Å². The topological polar surface area (TPSA) is 36.2 Å². The fourth-order valence-corrected chi connectivity index (χ4v) is 4.06. The Bertz CT molecular complexity index is 1300. The van der Waals surface area contributed by atoms with Crippen LogP contribution in [-0.2, 0) is 0 Å². The van der Waals surface area contributed by atoms with E-state index in [4.69, 9.17) is 4.74 Å². The van der Waals surface area contributed by atoms with Gasteiger partial charge in [0.25, 0.3) is 0 Å². The van der Waals surface area contributed by atoms with E-state index in [-0.39, 0.29) is 5.75 Å². The molecule has 5 rings (SSSR count). The first-order chi connectivity index (χ1) is 16.2. The zero-order valence-corrected chi connectivity index (χ0v) is 18.3. The van der Waals surface area contributed by atoms with Crippen LogP contribution in [0, 0.1) is 0 Å². The minimum Gasteiger partial charge on any atom is -0.872 e. The van der Waals surface area contributed by atoms with E-state index >= 15 is 0 Å². The van der Waals surface area contributed by atoms with E-state index in [2.05, 4.69) is 53.1 Å². The van der Waals surface area contributed by atoms with Crippen molar-refractivity contribution in [2.24, 2.45) is 0 Å². The van der Waals surface area contributed by atoms with Crippen LogP contribution in [0.25, 0.3) is 39.3 Å². The molecule has 4 aromatic carbocycles. The fourth-order valence-electron chi connectivity index (χ4n) is 4.06. The molecule has 160 valence electrons. The average Bonchev–Trinajstić information content (AvgIpc) is 2.89. The van der Waals surface area contributed by atoms with Gasteiger partial charge in [-0.05, 0) is 47.5 Å². The van der Waals surface area contributed by atoms with Crippen LogP contribution < -0.4 is 14.4 Å². The number of rotatable bonds is 5. The highest BCUT2D eigenvalue weighted by Crippen LogP contribution is 2.31. The second-order valence-electron chi connectivity index (χ2n) is 7.80. The van der Waals surface area contributed by atoms with Crippen LogP contribution in [0.1, 0.15) is 0 Å². The molecule has 5 aromatic rings. The van der Waals surface area contributed by atoms with Crippen molar-refractivity contribution in [2.45, 2.75) is 0 Å². The second-order valence-corrected chi connectivity index (χ2v) is 7.80. The van der Waals surface area contributed by atoms with Crippen molar-refractivity contribution in [3.05, 3.63) is 121 Å². The lowest BCUT2D eigenvalue weighted by Crippen LogP contribution is -2.36. The number of hydrogen-bond acceptors (Lipinski definition) is 2. The van der Waals surface area contributed by atoms with Crippen LogP contribution in [0.2, 0.25) is 0 Å². The largest absolute Gasteiger partial charge is 0.872 e. The highest BCUT2D eigenvalue weighted by molar-refractivity contribution is 5.74. The van der Waals surface area contributed by atoms with E-state index in [1.165, 1.54) is 0 Å². The lowest BCUT2D eigenvalue weighted by molar-refractivity contribution is -0.572. The van der Waals surface area contributed by atoms with Crippen LogP contribution >= 0.6 is 0 Å². The normalized spacial score (nSPS) is 10.7. The molecule has 3 nitrogen and oxygen atoms in total. The van der Waals surface area contributed by atoms with Gasteiger partial charge in [0.05, 0.1) is 7.11 Å². The predicted molar refractivity (Wildman–Crippen MR) is 130 cm³/mol. The highest BCUT2D eigenvalue weighted by Gasteiger charge is 2.24. The Balaban J connectivity index is 1.83. The van der Waals surface area contributed by atoms with Crippen molar-refractivity contribution in [3.63, 3.8) is 0 Å². The summed E-state index contributed by atoms with van der Waals surface area (Å²) in [5, 5.41) is 11.8. The van der Waals surface area contributed by atoms with Gasteiger partial charge in [-0.2, -0.15) is 4.57 Å². The van der Waals surface area contributed by atoms with E-state index in [9.17, 15) is 5.11 Å². The molecule has 0 amide bonds. The molecule has 0 aliphatic heterocycles. The Morgan fingerprint density at radius 2 is 1.06 bits per heavy atom. The van der Waals surface area contributed by atoms with E-state index in [1.807, 2.05) is 60.7 Å². The van der Waals surface area contributed by atoms with E-state index < -0.39 is 0 Å². The standard InChI is InChI=1S/C30H23NO2/c1-33-28-18-12-22(13-19-28)25-20-29(23-8-4-2-5-9-23)31(26-14-16-27(32)17-15-26)30(21-25)24-10-6-3-7-11-24/h2-21H,1H3. The Kier molecular flexibility index (Phi) is 5.61. The Morgan fingerprint density at radius 3 is 1.55 bits per heavy atom. The van der Waals surface area contributed by atoms with Gasteiger partial charge in [-0.3, -0.25) is 0 Å². The lowest BCUT2D eigenvalue weighted by Gasteiger charge is -2.13. The molecule has 0 aliphatic carbocycles. The maximum absolute atomic E-state index is 11.8. The SMILES string of the molecule is COc1ccc(-c2cc(-c3ccccc3)[n+](-c3ccc([O-])cc3)c(-c3ccccc3)c2)cc1. The summed E-state index contributed by atoms with van der Waals surface area (Å²) >= 11 is 0. The average molecular weight is 430 g/mol. The molecule has 0 bridgehead atoms. The summed E-state index contributed by atoms with van der Waals surface area (Å²) < 4.78 is 7.57.